The number of hydrogen-bond acceptors (Lipinski definition) is 10. The molecule has 2 aliphatic rings. The van der Waals surface area contributed by atoms with Gasteiger partial charge in [-0.15, -0.1) is 11.3 Å². The minimum Gasteiger partial charge on any atom is -0.465 e. The normalized spacial score (nSPS) is 18.4. The van der Waals surface area contributed by atoms with Crippen LogP contribution in [0.3, 0.4) is 0 Å². The maximum Gasteiger partial charge on any atom is 0.320 e. The number of rotatable bonds is 10. The standard InChI is InChI=1S/C28H39N7O3S2/c1-5-20-14-22(39-18-20)25-23(16-35-9-7-8-19(35)3)40-27(30-25)31-26(37)21-15-29-28(32(21)4)34-12-10-33(11-13-34)17-24(36)38-6-2/h14-15,18-19H,5-13,16-17H2,1-4H3,(H,30,31,37). The molecule has 2 aliphatic heterocycles. The average molecular weight is 586 g/mol. The average Bonchev–Trinajstić information content (AvgIpc) is 3.73. The number of thiophene rings is 1. The van der Waals surface area contributed by atoms with Gasteiger partial charge in [0.2, 0.25) is 5.95 Å². The predicted molar refractivity (Wildman–Crippen MR) is 160 cm³/mol. The fraction of sp³-hybridized carbons (Fsp3) is 0.571. The molecule has 1 unspecified atom stereocenters. The summed E-state index contributed by atoms with van der Waals surface area (Å²) in [5, 5.41) is 5.87. The molecule has 5 rings (SSSR count). The summed E-state index contributed by atoms with van der Waals surface area (Å²) in [6.45, 7) is 11.8. The van der Waals surface area contributed by atoms with Crippen LogP contribution >= 0.6 is 22.7 Å². The van der Waals surface area contributed by atoms with Gasteiger partial charge in [-0.25, -0.2) is 9.97 Å². The number of hydrogen-bond donors (Lipinski definition) is 1. The van der Waals surface area contributed by atoms with Crippen LogP contribution in [-0.4, -0.2) is 88.1 Å². The van der Waals surface area contributed by atoms with Gasteiger partial charge in [0.15, 0.2) is 5.13 Å². The molecular formula is C28H39N7O3S2. The van der Waals surface area contributed by atoms with Crippen molar-refractivity contribution in [2.24, 2.45) is 7.05 Å². The number of nitrogens with one attached hydrogen (secondary N) is 1. The molecule has 0 radical (unpaired) electrons. The SMILES string of the molecule is CCOC(=O)CN1CCN(c2ncc(C(=O)Nc3nc(-c4cc(CC)cs4)c(CN4CCCC4C)s3)n2C)CC1. The number of nitrogens with zero attached hydrogens (tertiary/aromatic N) is 6. The molecule has 12 heteroatoms. The van der Waals surface area contributed by atoms with Crippen LogP contribution in [0.15, 0.2) is 17.6 Å². The second kappa shape index (κ2) is 12.8. The summed E-state index contributed by atoms with van der Waals surface area (Å²) in [4.78, 5) is 43.8. The summed E-state index contributed by atoms with van der Waals surface area (Å²) in [6.07, 6.45) is 5.07. The number of carbonyl (C=O) groups is 2. The van der Waals surface area contributed by atoms with Gasteiger partial charge in [0.1, 0.15) is 5.69 Å². The predicted octanol–water partition coefficient (Wildman–Crippen LogP) is 4.09. The van der Waals surface area contributed by atoms with E-state index in [1.54, 1.807) is 28.9 Å². The monoisotopic (exact) mass is 585 g/mol. The number of piperazine rings is 1. The summed E-state index contributed by atoms with van der Waals surface area (Å²) >= 11 is 3.29. The number of aryl methyl sites for hydroxylation is 1. The maximum absolute atomic E-state index is 13.4. The second-order valence-corrected chi connectivity index (χ2v) is 12.4. The Labute approximate surface area is 244 Å². The number of ether oxygens (including phenoxy) is 1. The van der Waals surface area contributed by atoms with Crippen LogP contribution in [0.2, 0.25) is 0 Å². The molecule has 5 heterocycles. The summed E-state index contributed by atoms with van der Waals surface area (Å²) in [6, 6.07) is 2.78. The lowest BCUT2D eigenvalue weighted by Gasteiger charge is -2.34. The third kappa shape index (κ3) is 6.40. The zero-order valence-electron chi connectivity index (χ0n) is 23.8. The Bertz CT molecular complexity index is 1330. The minimum atomic E-state index is -0.219. The fourth-order valence-electron chi connectivity index (χ4n) is 5.36. The molecule has 0 saturated carbocycles. The molecule has 0 bridgehead atoms. The summed E-state index contributed by atoms with van der Waals surface area (Å²) in [7, 11) is 1.87. The number of likely N-dealkylation sites (tertiary alicyclic amines) is 1. The smallest absolute Gasteiger partial charge is 0.320 e. The first-order chi connectivity index (χ1) is 19.4. The van der Waals surface area contributed by atoms with Crippen molar-refractivity contribution < 1.29 is 14.3 Å². The van der Waals surface area contributed by atoms with Crippen molar-refractivity contribution >= 4 is 45.6 Å². The highest BCUT2D eigenvalue weighted by Crippen LogP contribution is 2.37. The highest BCUT2D eigenvalue weighted by Gasteiger charge is 2.27. The van der Waals surface area contributed by atoms with Crippen molar-refractivity contribution in [2.45, 2.75) is 52.6 Å². The van der Waals surface area contributed by atoms with Crippen LogP contribution in [0.1, 0.15) is 54.5 Å². The third-order valence-corrected chi connectivity index (χ3v) is 9.70. The minimum absolute atomic E-state index is 0.194. The van der Waals surface area contributed by atoms with Crippen molar-refractivity contribution in [3.63, 3.8) is 0 Å². The lowest BCUT2D eigenvalue weighted by atomic mass is 10.2. The van der Waals surface area contributed by atoms with Gasteiger partial charge in [0.25, 0.3) is 5.91 Å². The highest BCUT2D eigenvalue weighted by molar-refractivity contribution is 7.17. The summed E-state index contributed by atoms with van der Waals surface area (Å²) in [5.74, 6) is 0.333. The van der Waals surface area contributed by atoms with Gasteiger partial charge >= 0.3 is 5.97 Å². The topological polar surface area (TPSA) is 95.8 Å². The third-order valence-electron chi connectivity index (χ3n) is 7.76. The van der Waals surface area contributed by atoms with Gasteiger partial charge in [-0.2, -0.15) is 0 Å². The van der Waals surface area contributed by atoms with Crippen LogP contribution in [-0.2, 0) is 29.5 Å². The maximum atomic E-state index is 13.4. The van der Waals surface area contributed by atoms with E-state index in [1.807, 2.05) is 18.5 Å². The van der Waals surface area contributed by atoms with Gasteiger partial charge in [-0.3, -0.25) is 24.7 Å². The van der Waals surface area contributed by atoms with Gasteiger partial charge in [-0.1, -0.05) is 18.3 Å². The van der Waals surface area contributed by atoms with Crippen molar-refractivity contribution in [3.8, 4) is 10.6 Å². The van der Waals surface area contributed by atoms with E-state index in [1.165, 1.54) is 23.3 Å². The van der Waals surface area contributed by atoms with Gasteiger partial charge in [0.05, 0.1) is 29.9 Å². The lowest BCUT2D eigenvalue weighted by Crippen LogP contribution is -2.49. The second-order valence-electron chi connectivity index (χ2n) is 10.5. The highest BCUT2D eigenvalue weighted by atomic mass is 32.1. The largest absolute Gasteiger partial charge is 0.465 e. The Balaban J connectivity index is 1.28. The van der Waals surface area contributed by atoms with Gasteiger partial charge in [0, 0.05) is 50.7 Å². The summed E-state index contributed by atoms with van der Waals surface area (Å²) < 4.78 is 6.91. The fourth-order valence-corrected chi connectivity index (χ4v) is 7.44. The first-order valence-electron chi connectivity index (χ1n) is 14.1. The molecule has 0 spiro atoms. The van der Waals surface area contributed by atoms with Crippen molar-refractivity contribution in [1.82, 2.24) is 24.3 Å². The Morgan fingerprint density at radius 3 is 2.65 bits per heavy atom. The van der Waals surface area contributed by atoms with E-state index in [-0.39, 0.29) is 11.9 Å². The molecule has 1 amide bonds. The van der Waals surface area contributed by atoms with E-state index < -0.39 is 0 Å². The molecule has 216 valence electrons. The van der Waals surface area contributed by atoms with Crippen LogP contribution in [0.5, 0.6) is 0 Å². The van der Waals surface area contributed by atoms with Crippen molar-refractivity contribution in [3.05, 3.63) is 33.8 Å². The van der Waals surface area contributed by atoms with Crippen molar-refractivity contribution in [1.29, 1.82) is 0 Å². The van der Waals surface area contributed by atoms with E-state index >= 15 is 0 Å². The van der Waals surface area contributed by atoms with E-state index in [9.17, 15) is 9.59 Å². The van der Waals surface area contributed by atoms with Gasteiger partial charge in [-0.05, 0) is 56.7 Å². The lowest BCUT2D eigenvalue weighted by molar-refractivity contribution is -0.144. The molecule has 1 N–H and O–H groups in total. The number of thiazole rings is 1. The molecule has 2 fully saturated rings. The quantitative estimate of drug-likeness (QED) is 0.356. The van der Waals surface area contributed by atoms with Crippen LogP contribution < -0.4 is 10.2 Å². The number of aromatic nitrogens is 3. The number of anilines is 2. The molecule has 1 atom stereocenters. The van der Waals surface area contributed by atoms with Crippen LogP contribution in [0.25, 0.3) is 10.6 Å². The molecule has 3 aromatic rings. The van der Waals surface area contributed by atoms with E-state index in [0.717, 1.165) is 62.2 Å². The Kier molecular flexibility index (Phi) is 9.19. The molecule has 3 aromatic heterocycles. The molecule has 40 heavy (non-hydrogen) atoms. The Hall–Kier alpha value is -2.80. The van der Waals surface area contributed by atoms with E-state index in [2.05, 4.69) is 50.3 Å². The molecule has 10 nitrogen and oxygen atoms in total. The first kappa shape index (κ1) is 28.7. The van der Waals surface area contributed by atoms with Crippen molar-refractivity contribution in [2.75, 3.05) is 56.1 Å². The molecule has 2 saturated heterocycles. The van der Waals surface area contributed by atoms with Crippen LogP contribution in [0.4, 0.5) is 11.1 Å². The number of carbonyl (C=O) groups excluding carboxylic acids is 2. The van der Waals surface area contributed by atoms with Gasteiger partial charge < -0.3 is 14.2 Å². The first-order valence-corrected chi connectivity index (χ1v) is 15.8. The summed E-state index contributed by atoms with van der Waals surface area (Å²) in [5.41, 5.74) is 2.78. The Morgan fingerprint density at radius 2 is 1.98 bits per heavy atom. The number of imidazole rings is 1. The van der Waals surface area contributed by atoms with Crippen LogP contribution in [0, 0.1) is 0 Å². The molecule has 0 aliphatic carbocycles. The van der Waals surface area contributed by atoms with E-state index in [4.69, 9.17) is 9.72 Å². The zero-order valence-corrected chi connectivity index (χ0v) is 25.4. The number of amides is 1. The molecule has 0 aromatic carbocycles. The Morgan fingerprint density at radius 1 is 1.18 bits per heavy atom. The molecular weight excluding hydrogens is 546 g/mol. The number of esters is 1. The van der Waals surface area contributed by atoms with E-state index in [0.29, 0.717) is 30.0 Å². The zero-order chi connectivity index (χ0) is 28.2.